The number of rotatable bonds is 5. The molecule has 2 unspecified atom stereocenters. The molecule has 168 valence electrons. The number of carbonyl (C=O) groups is 2. The number of methoxy groups -OCH3 is 1. The summed E-state index contributed by atoms with van der Waals surface area (Å²) in [5.74, 6) is -0.0171. The van der Waals surface area contributed by atoms with Gasteiger partial charge in [0.1, 0.15) is 11.9 Å². The van der Waals surface area contributed by atoms with Gasteiger partial charge in [-0.1, -0.05) is 29.4 Å². The molecule has 2 aliphatic rings. The molecule has 3 N–H and O–H groups in total. The number of anilines is 2. The van der Waals surface area contributed by atoms with E-state index < -0.39 is 0 Å². The molecule has 2 aromatic carbocycles. The summed E-state index contributed by atoms with van der Waals surface area (Å²) < 4.78 is 5.22. The summed E-state index contributed by atoms with van der Waals surface area (Å²) in [5.41, 5.74) is 9.58. The second-order valence-electron chi connectivity index (χ2n) is 7.62. The first kappa shape index (κ1) is 22.6. The standard InChI is InChI=1S/C22H24ClN5O3S/c1-12-4-5-14(8-13(12)2)25-19(29)11-32-22-26-20-16(10-24-27-20)21(30)28(22)15-6-7-18(31-3)17(23)9-15/h4-9,16,20,24,27H,10-11H2,1-3H3,(H,25,29). The first-order valence-electron chi connectivity index (χ1n) is 10.1. The third kappa shape index (κ3) is 4.61. The summed E-state index contributed by atoms with van der Waals surface area (Å²) in [6.07, 6.45) is -0.377. The first-order valence-corrected chi connectivity index (χ1v) is 11.5. The minimum absolute atomic E-state index is 0.101. The van der Waals surface area contributed by atoms with Crippen molar-refractivity contribution in [1.82, 2.24) is 10.9 Å². The van der Waals surface area contributed by atoms with Gasteiger partial charge in [-0.15, -0.1) is 0 Å². The molecule has 1 saturated heterocycles. The van der Waals surface area contributed by atoms with Gasteiger partial charge in [0.25, 0.3) is 0 Å². The lowest BCUT2D eigenvalue weighted by Gasteiger charge is -2.32. The minimum Gasteiger partial charge on any atom is -0.495 e. The smallest absolute Gasteiger partial charge is 0.241 e. The highest BCUT2D eigenvalue weighted by Crippen LogP contribution is 2.34. The van der Waals surface area contributed by atoms with Crippen LogP contribution in [0.5, 0.6) is 5.75 Å². The van der Waals surface area contributed by atoms with Crippen LogP contribution in [0.15, 0.2) is 41.4 Å². The Morgan fingerprint density at radius 3 is 2.81 bits per heavy atom. The Hall–Kier alpha value is -2.59. The van der Waals surface area contributed by atoms with Crippen molar-refractivity contribution in [2.24, 2.45) is 10.9 Å². The number of amidine groups is 1. The van der Waals surface area contributed by atoms with Crippen molar-refractivity contribution in [2.45, 2.75) is 20.0 Å². The fourth-order valence-electron chi connectivity index (χ4n) is 3.55. The quantitative estimate of drug-likeness (QED) is 0.617. The lowest BCUT2D eigenvalue weighted by atomic mass is 10.0. The maximum absolute atomic E-state index is 13.3. The van der Waals surface area contributed by atoms with Crippen LogP contribution < -0.4 is 25.8 Å². The van der Waals surface area contributed by atoms with Crippen molar-refractivity contribution in [2.75, 3.05) is 29.6 Å². The molecule has 10 heteroatoms. The van der Waals surface area contributed by atoms with Crippen LogP contribution in [0.4, 0.5) is 11.4 Å². The molecule has 8 nitrogen and oxygen atoms in total. The van der Waals surface area contributed by atoms with Gasteiger partial charge >= 0.3 is 0 Å². The predicted octanol–water partition coefficient (Wildman–Crippen LogP) is 3.09. The van der Waals surface area contributed by atoms with Crippen LogP contribution in [0.2, 0.25) is 5.02 Å². The monoisotopic (exact) mass is 473 g/mol. The third-order valence-electron chi connectivity index (χ3n) is 5.45. The third-order valence-corrected chi connectivity index (χ3v) is 6.70. The summed E-state index contributed by atoms with van der Waals surface area (Å²) in [6, 6.07) is 10.9. The number of aliphatic imine (C=N–C) groups is 1. The normalized spacial score (nSPS) is 20.1. The predicted molar refractivity (Wildman–Crippen MR) is 128 cm³/mol. The second kappa shape index (κ2) is 9.50. The van der Waals surface area contributed by atoms with Gasteiger partial charge in [-0.3, -0.25) is 19.9 Å². The Balaban J connectivity index is 1.53. The highest BCUT2D eigenvalue weighted by molar-refractivity contribution is 8.14. The fourth-order valence-corrected chi connectivity index (χ4v) is 4.64. The van der Waals surface area contributed by atoms with Gasteiger partial charge in [0.15, 0.2) is 5.17 Å². The molecule has 2 aliphatic heterocycles. The number of nitrogens with zero attached hydrogens (tertiary/aromatic N) is 2. The molecule has 0 radical (unpaired) electrons. The Bertz CT molecular complexity index is 1090. The van der Waals surface area contributed by atoms with Crippen LogP contribution in [0.3, 0.4) is 0 Å². The molecule has 2 atom stereocenters. The fraction of sp³-hybridized carbons (Fsp3) is 0.318. The van der Waals surface area contributed by atoms with Crippen molar-refractivity contribution in [1.29, 1.82) is 0 Å². The average molecular weight is 474 g/mol. The lowest BCUT2D eigenvalue weighted by molar-refractivity contribution is -0.121. The van der Waals surface area contributed by atoms with Crippen molar-refractivity contribution in [3.63, 3.8) is 0 Å². The number of halogens is 1. The van der Waals surface area contributed by atoms with Gasteiger partial charge < -0.3 is 10.1 Å². The molecule has 0 bridgehead atoms. The van der Waals surface area contributed by atoms with Gasteiger partial charge in [-0.05, 0) is 55.3 Å². The number of hydrazine groups is 1. The number of hydrogen-bond donors (Lipinski definition) is 3. The maximum atomic E-state index is 13.3. The van der Waals surface area contributed by atoms with E-state index in [0.717, 1.165) is 16.8 Å². The van der Waals surface area contributed by atoms with E-state index in [4.69, 9.17) is 16.3 Å². The van der Waals surface area contributed by atoms with Crippen LogP contribution in [0.25, 0.3) is 0 Å². The van der Waals surface area contributed by atoms with Crippen LogP contribution in [0, 0.1) is 19.8 Å². The van der Waals surface area contributed by atoms with Crippen LogP contribution >= 0.6 is 23.4 Å². The number of thioether (sulfide) groups is 1. The number of ether oxygens (including phenoxy) is 1. The van der Waals surface area contributed by atoms with Crippen molar-refractivity contribution in [3.8, 4) is 5.75 Å². The van der Waals surface area contributed by atoms with Gasteiger partial charge in [-0.25, -0.2) is 10.4 Å². The highest BCUT2D eigenvalue weighted by atomic mass is 35.5. The summed E-state index contributed by atoms with van der Waals surface area (Å²) in [6.45, 7) is 4.49. The largest absolute Gasteiger partial charge is 0.495 e. The number of hydrogen-bond acceptors (Lipinski definition) is 7. The van der Waals surface area contributed by atoms with Crippen molar-refractivity contribution in [3.05, 3.63) is 52.5 Å². The Kier molecular flexibility index (Phi) is 6.71. The van der Waals surface area contributed by atoms with E-state index >= 15 is 0 Å². The van der Waals surface area contributed by atoms with E-state index in [1.54, 1.807) is 18.2 Å². The van der Waals surface area contributed by atoms with Crippen LogP contribution in [-0.2, 0) is 9.59 Å². The Morgan fingerprint density at radius 1 is 1.28 bits per heavy atom. The molecular formula is C22H24ClN5O3S. The summed E-state index contributed by atoms with van der Waals surface area (Å²) in [5, 5.41) is 3.72. The zero-order chi connectivity index (χ0) is 22.8. The molecule has 32 heavy (non-hydrogen) atoms. The summed E-state index contributed by atoms with van der Waals surface area (Å²) >= 11 is 7.50. The topological polar surface area (TPSA) is 95.1 Å². The Morgan fingerprint density at radius 2 is 2.09 bits per heavy atom. The molecule has 0 saturated carbocycles. The summed E-state index contributed by atoms with van der Waals surface area (Å²) in [4.78, 5) is 32.1. The molecule has 2 amide bonds. The molecule has 4 rings (SSSR count). The van der Waals surface area contributed by atoms with E-state index in [1.807, 2.05) is 32.0 Å². The molecular weight excluding hydrogens is 450 g/mol. The van der Waals surface area contributed by atoms with Crippen LogP contribution in [0.1, 0.15) is 11.1 Å². The zero-order valence-electron chi connectivity index (χ0n) is 17.9. The van der Waals surface area contributed by atoms with Crippen molar-refractivity contribution >= 4 is 51.7 Å². The molecule has 0 aromatic heterocycles. The number of aryl methyl sites for hydroxylation is 2. The molecule has 1 fully saturated rings. The Labute approximate surface area is 195 Å². The first-order chi connectivity index (χ1) is 15.4. The van der Waals surface area contributed by atoms with E-state index in [2.05, 4.69) is 21.2 Å². The molecule has 2 heterocycles. The van der Waals surface area contributed by atoms with E-state index in [0.29, 0.717) is 28.2 Å². The number of fused-ring (bicyclic) bond motifs is 1. The number of benzene rings is 2. The molecule has 0 spiro atoms. The molecule has 2 aromatic rings. The number of amides is 2. The maximum Gasteiger partial charge on any atom is 0.241 e. The minimum atomic E-state index is -0.377. The van der Waals surface area contributed by atoms with Gasteiger partial charge in [0.2, 0.25) is 11.8 Å². The second-order valence-corrected chi connectivity index (χ2v) is 8.97. The van der Waals surface area contributed by atoms with E-state index in [9.17, 15) is 9.59 Å². The average Bonchev–Trinajstić information content (AvgIpc) is 3.24. The summed E-state index contributed by atoms with van der Waals surface area (Å²) in [7, 11) is 1.53. The van der Waals surface area contributed by atoms with E-state index in [1.165, 1.54) is 23.8 Å². The van der Waals surface area contributed by atoms with Crippen molar-refractivity contribution < 1.29 is 14.3 Å². The highest BCUT2D eigenvalue weighted by Gasteiger charge is 2.42. The molecule has 0 aliphatic carbocycles. The van der Waals surface area contributed by atoms with Crippen LogP contribution in [-0.4, -0.2) is 42.6 Å². The zero-order valence-corrected chi connectivity index (χ0v) is 19.5. The SMILES string of the molecule is COc1ccc(N2C(=O)C3CNNC3N=C2SCC(=O)Nc2ccc(C)c(C)c2)cc1Cl. The lowest BCUT2D eigenvalue weighted by Crippen LogP contribution is -2.49. The van der Waals surface area contributed by atoms with E-state index in [-0.39, 0.29) is 29.7 Å². The van der Waals surface area contributed by atoms with Gasteiger partial charge in [0, 0.05) is 12.2 Å². The number of carbonyl (C=O) groups excluding carboxylic acids is 2. The van der Waals surface area contributed by atoms with Gasteiger partial charge in [-0.2, -0.15) is 0 Å². The number of nitrogens with one attached hydrogen (secondary N) is 3. The van der Waals surface area contributed by atoms with Gasteiger partial charge in [0.05, 0.1) is 29.5 Å².